The minimum Gasteiger partial charge on any atom is -0.382 e. The Morgan fingerprint density at radius 2 is 2.11 bits per heavy atom. The van der Waals surface area contributed by atoms with Gasteiger partial charge >= 0.3 is 0 Å². The zero-order valence-corrected chi connectivity index (χ0v) is 12.8. The molecule has 1 aliphatic heterocycles. The molecule has 3 heteroatoms. The molecule has 2 atom stereocenters. The number of ether oxygens (including phenoxy) is 2. The number of hydrogen-bond acceptors (Lipinski definition) is 3. The molecule has 1 fully saturated rings. The van der Waals surface area contributed by atoms with Crippen LogP contribution in [0.15, 0.2) is 0 Å². The second-order valence-corrected chi connectivity index (χ2v) is 6.53. The predicted octanol–water partition coefficient (Wildman–Crippen LogP) is 2.99. The molecular weight excluding hydrogens is 226 g/mol. The Morgan fingerprint density at radius 1 is 1.39 bits per heavy atom. The van der Waals surface area contributed by atoms with E-state index in [-0.39, 0.29) is 5.54 Å². The van der Waals surface area contributed by atoms with Crippen molar-refractivity contribution in [2.75, 3.05) is 26.4 Å². The summed E-state index contributed by atoms with van der Waals surface area (Å²) < 4.78 is 11.3. The summed E-state index contributed by atoms with van der Waals surface area (Å²) in [6.45, 7) is 14.6. The molecule has 1 saturated heterocycles. The maximum atomic E-state index is 5.81. The van der Waals surface area contributed by atoms with Crippen LogP contribution in [0.25, 0.3) is 0 Å². The SMILES string of the molecule is CCOCCCC1(CNC(C)(C)C)CCOC1C. The highest BCUT2D eigenvalue weighted by atomic mass is 16.5. The van der Waals surface area contributed by atoms with Crippen molar-refractivity contribution in [3.63, 3.8) is 0 Å². The molecule has 0 saturated carbocycles. The molecule has 18 heavy (non-hydrogen) atoms. The summed E-state index contributed by atoms with van der Waals surface area (Å²) in [7, 11) is 0. The molecule has 3 nitrogen and oxygen atoms in total. The van der Waals surface area contributed by atoms with E-state index in [2.05, 4.69) is 39.9 Å². The van der Waals surface area contributed by atoms with Crippen LogP contribution < -0.4 is 5.32 Å². The van der Waals surface area contributed by atoms with Crippen LogP contribution >= 0.6 is 0 Å². The Morgan fingerprint density at radius 3 is 2.61 bits per heavy atom. The summed E-state index contributed by atoms with van der Waals surface area (Å²) in [6.07, 6.45) is 3.85. The Labute approximate surface area is 113 Å². The Kier molecular flexibility index (Phi) is 6.09. The number of rotatable bonds is 7. The van der Waals surface area contributed by atoms with Gasteiger partial charge in [0, 0.05) is 37.3 Å². The van der Waals surface area contributed by atoms with Crippen molar-refractivity contribution >= 4 is 0 Å². The first kappa shape index (κ1) is 15.9. The maximum Gasteiger partial charge on any atom is 0.0616 e. The van der Waals surface area contributed by atoms with Crippen molar-refractivity contribution in [2.24, 2.45) is 5.41 Å². The average Bonchev–Trinajstić information content (AvgIpc) is 2.64. The van der Waals surface area contributed by atoms with Gasteiger partial charge in [0.05, 0.1) is 6.10 Å². The lowest BCUT2D eigenvalue weighted by Crippen LogP contribution is -2.46. The first-order valence-electron chi connectivity index (χ1n) is 7.34. The van der Waals surface area contributed by atoms with Crippen molar-refractivity contribution in [1.29, 1.82) is 0 Å². The van der Waals surface area contributed by atoms with Crippen LogP contribution in [0.3, 0.4) is 0 Å². The van der Waals surface area contributed by atoms with Crippen LogP contribution in [0.2, 0.25) is 0 Å². The van der Waals surface area contributed by atoms with Crippen LogP contribution in [0, 0.1) is 5.41 Å². The van der Waals surface area contributed by atoms with Gasteiger partial charge in [-0.25, -0.2) is 0 Å². The van der Waals surface area contributed by atoms with E-state index in [0.717, 1.165) is 32.8 Å². The van der Waals surface area contributed by atoms with Crippen LogP contribution in [-0.4, -0.2) is 38.0 Å². The Bertz CT molecular complexity index is 237. The molecular formula is C15H31NO2. The summed E-state index contributed by atoms with van der Waals surface area (Å²) in [6, 6.07) is 0. The zero-order valence-electron chi connectivity index (χ0n) is 12.8. The predicted molar refractivity (Wildman–Crippen MR) is 75.9 cm³/mol. The van der Waals surface area contributed by atoms with Crippen molar-refractivity contribution < 1.29 is 9.47 Å². The molecule has 108 valence electrons. The van der Waals surface area contributed by atoms with E-state index >= 15 is 0 Å². The molecule has 0 aromatic heterocycles. The minimum atomic E-state index is 0.176. The topological polar surface area (TPSA) is 30.5 Å². The molecule has 1 rings (SSSR count). The molecule has 0 aromatic carbocycles. The van der Waals surface area contributed by atoms with Crippen LogP contribution in [0.4, 0.5) is 0 Å². The van der Waals surface area contributed by atoms with Crippen molar-refractivity contribution in [3.8, 4) is 0 Å². The van der Waals surface area contributed by atoms with E-state index in [0.29, 0.717) is 11.5 Å². The van der Waals surface area contributed by atoms with Crippen LogP contribution in [0.1, 0.15) is 53.9 Å². The van der Waals surface area contributed by atoms with E-state index in [9.17, 15) is 0 Å². The highest BCUT2D eigenvalue weighted by molar-refractivity contribution is 4.93. The summed E-state index contributed by atoms with van der Waals surface area (Å²) in [5, 5.41) is 3.66. The molecule has 1 aliphatic rings. The lowest BCUT2D eigenvalue weighted by Gasteiger charge is -2.36. The molecule has 0 spiro atoms. The normalized spacial score (nSPS) is 28.8. The summed E-state index contributed by atoms with van der Waals surface area (Å²) in [5.74, 6) is 0. The molecule has 0 amide bonds. The van der Waals surface area contributed by atoms with Gasteiger partial charge in [0.25, 0.3) is 0 Å². The third-order valence-electron chi connectivity index (χ3n) is 3.97. The fourth-order valence-corrected chi connectivity index (χ4v) is 2.58. The minimum absolute atomic E-state index is 0.176. The Balaban J connectivity index is 2.48. The maximum absolute atomic E-state index is 5.81. The van der Waals surface area contributed by atoms with Crippen molar-refractivity contribution in [1.82, 2.24) is 5.32 Å². The van der Waals surface area contributed by atoms with E-state index in [1.807, 2.05) is 0 Å². The van der Waals surface area contributed by atoms with E-state index in [4.69, 9.17) is 9.47 Å². The largest absolute Gasteiger partial charge is 0.382 e. The van der Waals surface area contributed by atoms with Gasteiger partial charge in [0.15, 0.2) is 0 Å². The second kappa shape index (κ2) is 6.88. The monoisotopic (exact) mass is 257 g/mol. The highest BCUT2D eigenvalue weighted by Crippen LogP contribution is 2.39. The molecule has 0 aliphatic carbocycles. The van der Waals surface area contributed by atoms with Gasteiger partial charge in [-0.3, -0.25) is 0 Å². The quantitative estimate of drug-likeness (QED) is 0.711. The van der Waals surface area contributed by atoms with E-state index < -0.39 is 0 Å². The molecule has 1 N–H and O–H groups in total. The second-order valence-electron chi connectivity index (χ2n) is 6.53. The van der Waals surface area contributed by atoms with Crippen LogP contribution in [0.5, 0.6) is 0 Å². The molecule has 0 aromatic rings. The van der Waals surface area contributed by atoms with Crippen molar-refractivity contribution in [3.05, 3.63) is 0 Å². The van der Waals surface area contributed by atoms with Crippen LogP contribution in [-0.2, 0) is 9.47 Å². The summed E-state index contributed by atoms with van der Waals surface area (Å²) >= 11 is 0. The van der Waals surface area contributed by atoms with Gasteiger partial charge in [-0.2, -0.15) is 0 Å². The molecule has 1 heterocycles. The molecule has 0 bridgehead atoms. The fourth-order valence-electron chi connectivity index (χ4n) is 2.58. The highest BCUT2D eigenvalue weighted by Gasteiger charge is 2.41. The number of nitrogens with one attached hydrogen (secondary N) is 1. The molecule has 0 radical (unpaired) electrons. The summed E-state index contributed by atoms with van der Waals surface area (Å²) in [5.41, 5.74) is 0.472. The standard InChI is InChI=1S/C15H31NO2/c1-6-17-10-7-8-15(9-11-18-13(15)2)12-16-14(3,4)5/h13,16H,6-12H2,1-5H3. The first-order chi connectivity index (χ1) is 8.40. The zero-order chi connectivity index (χ0) is 13.6. The Hall–Kier alpha value is -0.120. The lowest BCUT2D eigenvalue weighted by atomic mass is 9.77. The van der Waals surface area contributed by atoms with Gasteiger partial charge in [-0.15, -0.1) is 0 Å². The van der Waals surface area contributed by atoms with Gasteiger partial charge in [0.1, 0.15) is 0 Å². The van der Waals surface area contributed by atoms with Gasteiger partial charge in [-0.05, 0) is 53.9 Å². The van der Waals surface area contributed by atoms with Crippen molar-refractivity contribution in [2.45, 2.75) is 65.5 Å². The molecule has 2 unspecified atom stereocenters. The van der Waals surface area contributed by atoms with E-state index in [1.54, 1.807) is 0 Å². The first-order valence-corrected chi connectivity index (χ1v) is 7.34. The lowest BCUT2D eigenvalue weighted by molar-refractivity contribution is 0.0470. The van der Waals surface area contributed by atoms with Gasteiger partial charge < -0.3 is 14.8 Å². The van der Waals surface area contributed by atoms with E-state index in [1.165, 1.54) is 12.8 Å². The smallest absolute Gasteiger partial charge is 0.0616 e. The summed E-state index contributed by atoms with van der Waals surface area (Å²) in [4.78, 5) is 0. The van der Waals surface area contributed by atoms with Gasteiger partial charge in [-0.1, -0.05) is 0 Å². The van der Waals surface area contributed by atoms with Gasteiger partial charge in [0.2, 0.25) is 0 Å². The fraction of sp³-hybridized carbons (Fsp3) is 1.00. The average molecular weight is 257 g/mol. The third kappa shape index (κ3) is 4.87. The number of hydrogen-bond donors (Lipinski definition) is 1. The third-order valence-corrected chi connectivity index (χ3v) is 3.97.